The minimum Gasteiger partial charge on any atom is -0.383 e. The molecule has 1 aromatic carbocycles. The van der Waals surface area contributed by atoms with Crippen molar-refractivity contribution in [3.05, 3.63) is 33.8 Å². The lowest BCUT2D eigenvalue weighted by Crippen LogP contribution is -2.17. The van der Waals surface area contributed by atoms with Crippen LogP contribution in [0, 0.1) is 6.92 Å². The highest BCUT2D eigenvalue weighted by Crippen LogP contribution is 2.23. The Labute approximate surface area is 87.2 Å². The van der Waals surface area contributed by atoms with Crippen molar-refractivity contribution in [2.75, 3.05) is 13.7 Å². The highest BCUT2D eigenvalue weighted by Gasteiger charge is 2.09. The van der Waals surface area contributed by atoms with E-state index >= 15 is 0 Å². The Kier molecular flexibility index (Phi) is 3.90. The topological polar surface area (TPSA) is 35.2 Å². The standard InChI is InChI=1S/C10H14BrNO/c1-7-8(10(12)6-13-2)4-3-5-9(7)11/h3-5,10H,6,12H2,1-2H3/t10-/m1/s1. The van der Waals surface area contributed by atoms with Crippen LogP contribution in [0.4, 0.5) is 0 Å². The van der Waals surface area contributed by atoms with E-state index in [0.29, 0.717) is 6.61 Å². The second-order valence-corrected chi connectivity index (χ2v) is 3.87. The molecule has 1 aromatic rings. The van der Waals surface area contributed by atoms with Crippen LogP contribution in [0.5, 0.6) is 0 Å². The molecule has 1 atom stereocenters. The van der Waals surface area contributed by atoms with Gasteiger partial charge in [-0.3, -0.25) is 0 Å². The summed E-state index contributed by atoms with van der Waals surface area (Å²) >= 11 is 3.47. The van der Waals surface area contributed by atoms with E-state index in [4.69, 9.17) is 10.5 Å². The van der Waals surface area contributed by atoms with Crippen molar-refractivity contribution in [3.63, 3.8) is 0 Å². The fourth-order valence-corrected chi connectivity index (χ4v) is 1.68. The smallest absolute Gasteiger partial charge is 0.0655 e. The fraction of sp³-hybridized carbons (Fsp3) is 0.400. The zero-order chi connectivity index (χ0) is 9.84. The molecule has 0 amide bonds. The minimum absolute atomic E-state index is 0.0394. The molecule has 2 nitrogen and oxygen atoms in total. The van der Waals surface area contributed by atoms with Gasteiger partial charge in [0.25, 0.3) is 0 Å². The van der Waals surface area contributed by atoms with Crippen LogP contribution in [-0.4, -0.2) is 13.7 Å². The number of nitrogens with two attached hydrogens (primary N) is 1. The Morgan fingerprint density at radius 3 is 2.85 bits per heavy atom. The number of hydrogen-bond donors (Lipinski definition) is 1. The third kappa shape index (κ3) is 2.53. The molecule has 13 heavy (non-hydrogen) atoms. The highest BCUT2D eigenvalue weighted by molar-refractivity contribution is 9.10. The molecule has 2 N–H and O–H groups in total. The average molecular weight is 244 g/mol. The number of rotatable bonds is 3. The van der Waals surface area contributed by atoms with Crippen molar-refractivity contribution >= 4 is 15.9 Å². The van der Waals surface area contributed by atoms with Gasteiger partial charge < -0.3 is 10.5 Å². The SMILES string of the molecule is COC[C@@H](N)c1cccc(Br)c1C. The molecule has 0 bridgehead atoms. The maximum atomic E-state index is 5.93. The average Bonchev–Trinajstić information content (AvgIpc) is 2.10. The first kappa shape index (κ1) is 10.7. The molecule has 0 saturated carbocycles. The van der Waals surface area contributed by atoms with Crippen LogP contribution in [0.25, 0.3) is 0 Å². The Morgan fingerprint density at radius 2 is 2.23 bits per heavy atom. The molecule has 0 heterocycles. The van der Waals surface area contributed by atoms with Crippen molar-refractivity contribution in [1.29, 1.82) is 0 Å². The van der Waals surface area contributed by atoms with E-state index in [-0.39, 0.29) is 6.04 Å². The molecule has 0 radical (unpaired) electrons. The summed E-state index contributed by atoms with van der Waals surface area (Å²) in [5.74, 6) is 0. The van der Waals surface area contributed by atoms with Gasteiger partial charge in [0.15, 0.2) is 0 Å². The molecule has 72 valence electrons. The van der Waals surface area contributed by atoms with Crippen LogP contribution in [-0.2, 0) is 4.74 Å². The summed E-state index contributed by atoms with van der Waals surface area (Å²) in [6.07, 6.45) is 0. The van der Waals surface area contributed by atoms with Gasteiger partial charge in [-0.05, 0) is 24.1 Å². The summed E-state index contributed by atoms with van der Waals surface area (Å²) in [7, 11) is 1.66. The quantitative estimate of drug-likeness (QED) is 0.886. The van der Waals surface area contributed by atoms with Crippen molar-refractivity contribution in [1.82, 2.24) is 0 Å². The second-order valence-electron chi connectivity index (χ2n) is 3.02. The Hall–Kier alpha value is -0.380. The number of benzene rings is 1. The first-order chi connectivity index (χ1) is 6.16. The van der Waals surface area contributed by atoms with Crippen LogP contribution in [0.15, 0.2) is 22.7 Å². The van der Waals surface area contributed by atoms with E-state index < -0.39 is 0 Å². The van der Waals surface area contributed by atoms with E-state index in [1.807, 2.05) is 18.2 Å². The molecule has 0 spiro atoms. The van der Waals surface area contributed by atoms with Crippen molar-refractivity contribution < 1.29 is 4.74 Å². The van der Waals surface area contributed by atoms with Gasteiger partial charge in [0, 0.05) is 11.6 Å². The predicted molar refractivity (Wildman–Crippen MR) is 57.7 cm³/mol. The zero-order valence-corrected chi connectivity index (χ0v) is 9.47. The van der Waals surface area contributed by atoms with Crippen LogP contribution in [0.2, 0.25) is 0 Å². The van der Waals surface area contributed by atoms with Gasteiger partial charge >= 0.3 is 0 Å². The van der Waals surface area contributed by atoms with Crippen molar-refractivity contribution in [2.45, 2.75) is 13.0 Å². The predicted octanol–water partition coefficient (Wildman–Crippen LogP) is 2.40. The van der Waals surface area contributed by atoms with Gasteiger partial charge in [-0.1, -0.05) is 28.1 Å². The van der Waals surface area contributed by atoms with E-state index in [1.54, 1.807) is 7.11 Å². The second kappa shape index (κ2) is 4.74. The third-order valence-corrected chi connectivity index (χ3v) is 2.91. The maximum absolute atomic E-state index is 5.93. The summed E-state index contributed by atoms with van der Waals surface area (Å²) in [5, 5.41) is 0. The molecule has 0 unspecified atom stereocenters. The van der Waals surface area contributed by atoms with Crippen molar-refractivity contribution in [2.24, 2.45) is 5.73 Å². The molecule has 0 aromatic heterocycles. The number of hydrogen-bond acceptors (Lipinski definition) is 2. The number of halogens is 1. The molecule has 0 saturated heterocycles. The molecule has 0 aliphatic carbocycles. The maximum Gasteiger partial charge on any atom is 0.0655 e. The van der Waals surface area contributed by atoms with Crippen LogP contribution in [0.1, 0.15) is 17.2 Å². The van der Waals surface area contributed by atoms with Crippen LogP contribution < -0.4 is 5.73 Å². The Morgan fingerprint density at radius 1 is 1.54 bits per heavy atom. The van der Waals surface area contributed by atoms with Gasteiger partial charge in [-0.25, -0.2) is 0 Å². The minimum atomic E-state index is -0.0394. The van der Waals surface area contributed by atoms with Gasteiger partial charge in [0.1, 0.15) is 0 Å². The Balaban J connectivity index is 2.93. The van der Waals surface area contributed by atoms with Gasteiger partial charge in [0.2, 0.25) is 0 Å². The number of methoxy groups -OCH3 is 1. The summed E-state index contributed by atoms with van der Waals surface area (Å²) in [5.41, 5.74) is 8.25. The normalized spacial score (nSPS) is 12.9. The van der Waals surface area contributed by atoms with Crippen molar-refractivity contribution in [3.8, 4) is 0 Å². The molecule has 3 heteroatoms. The van der Waals surface area contributed by atoms with E-state index in [0.717, 1.165) is 10.0 Å². The fourth-order valence-electron chi connectivity index (χ4n) is 1.30. The molecule has 0 aliphatic heterocycles. The summed E-state index contributed by atoms with van der Waals surface area (Å²) < 4.78 is 6.11. The van der Waals surface area contributed by atoms with Crippen LogP contribution in [0.3, 0.4) is 0 Å². The van der Waals surface area contributed by atoms with E-state index in [9.17, 15) is 0 Å². The molecule has 0 fully saturated rings. The first-order valence-electron chi connectivity index (χ1n) is 4.16. The van der Waals surface area contributed by atoms with Gasteiger partial charge in [0.05, 0.1) is 12.6 Å². The largest absolute Gasteiger partial charge is 0.383 e. The third-order valence-electron chi connectivity index (χ3n) is 2.06. The lowest BCUT2D eigenvalue weighted by molar-refractivity contribution is 0.180. The molecular weight excluding hydrogens is 230 g/mol. The van der Waals surface area contributed by atoms with Gasteiger partial charge in [-0.15, -0.1) is 0 Å². The lowest BCUT2D eigenvalue weighted by atomic mass is 10.0. The monoisotopic (exact) mass is 243 g/mol. The van der Waals surface area contributed by atoms with Gasteiger partial charge in [-0.2, -0.15) is 0 Å². The zero-order valence-electron chi connectivity index (χ0n) is 7.88. The molecule has 1 rings (SSSR count). The highest BCUT2D eigenvalue weighted by atomic mass is 79.9. The Bertz CT molecular complexity index is 288. The summed E-state index contributed by atoms with van der Waals surface area (Å²) in [6.45, 7) is 2.60. The lowest BCUT2D eigenvalue weighted by Gasteiger charge is -2.14. The van der Waals surface area contributed by atoms with E-state index in [1.165, 1.54) is 5.56 Å². The number of ether oxygens (including phenoxy) is 1. The summed E-state index contributed by atoms with van der Waals surface area (Å²) in [6, 6.07) is 5.99. The summed E-state index contributed by atoms with van der Waals surface area (Å²) in [4.78, 5) is 0. The van der Waals surface area contributed by atoms with E-state index in [2.05, 4.69) is 22.9 Å². The molecule has 0 aliphatic rings. The first-order valence-corrected chi connectivity index (χ1v) is 4.95. The molecular formula is C10H14BrNO. The van der Waals surface area contributed by atoms with Crippen LogP contribution >= 0.6 is 15.9 Å².